The highest BCUT2D eigenvalue weighted by molar-refractivity contribution is 5.85. The van der Waals surface area contributed by atoms with Gasteiger partial charge in [-0.15, -0.1) is 0 Å². The minimum atomic E-state index is -0.884. The van der Waals surface area contributed by atoms with Gasteiger partial charge in [-0.05, 0) is 12.8 Å². The Morgan fingerprint density at radius 3 is 2.89 bits per heavy atom. The van der Waals surface area contributed by atoms with Gasteiger partial charge in [0.25, 0.3) is 0 Å². The van der Waals surface area contributed by atoms with Gasteiger partial charge in [0.1, 0.15) is 0 Å². The maximum atomic E-state index is 11.8. The van der Waals surface area contributed by atoms with Crippen molar-refractivity contribution in [1.29, 1.82) is 0 Å². The molecule has 1 amide bonds. The Kier molecular flexibility index (Phi) is 3.91. The molecule has 1 saturated carbocycles. The van der Waals surface area contributed by atoms with Crippen LogP contribution in [0, 0.1) is 11.8 Å². The summed E-state index contributed by atoms with van der Waals surface area (Å²) in [4.78, 5) is 26.6. The van der Waals surface area contributed by atoms with Crippen molar-refractivity contribution in [1.82, 2.24) is 15.5 Å². The lowest BCUT2D eigenvalue weighted by atomic mass is 9.95. The maximum absolute atomic E-state index is 11.8. The Bertz CT molecular complexity index is 418. The van der Waals surface area contributed by atoms with E-state index in [-0.39, 0.29) is 5.91 Å². The van der Waals surface area contributed by atoms with Gasteiger partial charge in [0, 0.05) is 13.0 Å². The van der Waals surface area contributed by atoms with Crippen molar-refractivity contribution in [3.05, 3.63) is 12.2 Å². The van der Waals surface area contributed by atoms with E-state index in [0.29, 0.717) is 31.6 Å². The van der Waals surface area contributed by atoms with Crippen molar-refractivity contribution in [2.45, 2.75) is 25.7 Å². The standard InChI is InChI=1S/C11H15N3O4/c15-10(7-2-1-3-8(7)11(16)17)12-5-4-9-13-6-18-14-9/h6-8H,1-5H2,(H,12,15)(H,16,17)/t7-,8+/m1/s1. The van der Waals surface area contributed by atoms with Crippen LogP contribution in [0.4, 0.5) is 0 Å². The number of aromatic nitrogens is 2. The summed E-state index contributed by atoms with van der Waals surface area (Å²) in [6.45, 7) is 0.390. The second-order valence-electron chi connectivity index (χ2n) is 4.37. The van der Waals surface area contributed by atoms with Gasteiger partial charge < -0.3 is 14.9 Å². The number of hydrogen-bond acceptors (Lipinski definition) is 5. The number of carboxylic acids is 1. The molecule has 0 saturated heterocycles. The topological polar surface area (TPSA) is 105 Å². The predicted molar refractivity (Wildman–Crippen MR) is 59.5 cm³/mol. The van der Waals surface area contributed by atoms with Gasteiger partial charge in [0.05, 0.1) is 11.8 Å². The molecule has 2 N–H and O–H groups in total. The molecule has 0 radical (unpaired) electrons. The number of carbonyl (C=O) groups is 2. The Morgan fingerprint density at radius 1 is 1.44 bits per heavy atom. The molecule has 0 aromatic carbocycles. The van der Waals surface area contributed by atoms with E-state index < -0.39 is 17.8 Å². The van der Waals surface area contributed by atoms with Crippen LogP contribution in [0.25, 0.3) is 0 Å². The zero-order valence-corrected chi connectivity index (χ0v) is 9.83. The minimum Gasteiger partial charge on any atom is -0.481 e. The van der Waals surface area contributed by atoms with Crippen LogP contribution in [0.15, 0.2) is 10.9 Å². The van der Waals surface area contributed by atoms with Crippen molar-refractivity contribution >= 4 is 11.9 Å². The molecule has 0 bridgehead atoms. The predicted octanol–water partition coefficient (Wildman–Crippen LogP) is 0.229. The molecular formula is C11H15N3O4. The van der Waals surface area contributed by atoms with Gasteiger partial charge in [-0.1, -0.05) is 11.6 Å². The third-order valence-corrected chi connectivity index (χ3v) is 3.22. The SMILES string of the molecule is O=C(O)[C@H]1CCC[C@H]1C(=O)NCCc1ncon1. The van der Waals surface area contributed by atoms with Crippen molar-refractivity contribution in [2.24, 2.45) is 11.8 Å². The van der Waals surface area contributed by atoms with Gasteiger partial charge >= 0.3 is 5.97 Å². The molecule has 2 atom stereocenters. The van der Waals surface area contributed by atoms with E-state index in [1.807, 2.05) is 0 Å². The Hall–Kier alpha value is -1.92. The number of nitrogens with one attached hydrogen (secondary N) is 1. The quantitative estimate of drug-likeness (QED) is 0.778. The highest BCUT2D eigenvalue weighted by atomic mass is 16.5. The van der Waals surface area contributed by atoms with Gasteiger partial charge in [-0.2, -0.15) is 4.98 Å². The van der Waals surface area contributed by atoms with Crippen LogP contribution >= 0.6 is 0 Å². The number of amides is 1. The highest BCUT2D eigenvalue weighted by Gasteiger charge is 2.37. The van der Waals surface area contributed by atoms with E-state index in [1.165, 1.54) is 6.39 Å². The summed E-state index contributed by atoms with van der Waals surface area (Å²) >= 11 is 0. The summed E-state index contributed by atoms with van der Waals surface area (Å²) in [7, 11) is 0. The highest BCUT2D eigenvalue weighted by Crippen LogP contribution is 2.31. The Balaban J connectivity index is 1.79. The lowest BCUT2D eigenvalue weighted by Gasteiger charge is -2.15. The first kappa shape index (κ1) is 12.5. The molecule has 98 valence electrons. The molecule has 1 aromatic rings. The van der Waals surface area contributed by atoms with Gasteiger partial charge in [0.2, 0.25) is 12.3 Å². The molecule has 0 aliphatic heterocycles. The molecule has 1 aliphatic carbocycles. The van der Waals surface area contributed by atoms with Crippen molar-refractivity contribution in [2.75, 3.05) is 6.54 Å². The first-order chi connectivity index (χ1) is 8.68. The van der Waals surface area contributed by atoms with E-state index in [2.05, 4.69) is 20.0 Å². The molecule has 1 aromatic heterocycles. The third-order valence-electron chi connectivity index (χ3n) is 3.22. The zero-order valence-electron chi connectivity index (χ0n) is 9.83. The van der Waals surface area contributed by atoms with Crippen LogP contribution in [-0.4, -0.2) is 33.7 Å². The summed E-state index contributed by atoms with van der Waals surface area (Å²) in [5.74, 6) is -1.51. The summed E-state index contributed by atoms with van der Waals surface area (Å²) in [6, 6.07) is 0. The van der Waals surface area contributed by atoms with E-state index >= 15 is 0 Å². The number of carboxylic acid groups (broad SMARTS) is 1. The van der Waals surface area contributed by atoms with E-state index in [9.17, 15) is 9.59 Å². The molecule has 2 rings (SSSR count). The summed E-state index contributed by atoms with van der Waals surface area (Å²) in [5, 5.41) is 15.3. The van der Waals surface area contributed by atoms with Crippen molar-refractivity contribution in [3.63, 3.8) is 0 Å². The van der Waals surface area contributed by atoms with E-state index in [1.54, 1.807) is 0 Å². The van der Waals surface area contributed by atoms with Gasteiger partial charge in [-0.25, -0.2) is 0 Å². The first-order valence-corrected chi connectivity index (χ1v) is 5.94. The lowest BCUT2D eigenvalue weighted by molar-refractivity contribution is -0.146. The summed E-state index contributed by atoms with van der Waals surface area (Å²) < 4.78 is 4.57. The van der Waals surface area contributed by atoms with Crippen LogP contribution in [0.3, 0.4) is 0 Å². The molecule has 7 heteroatoms. The fraction of sp³-hybridized carbons (Fsp3) is 0.636. The van der Waals surface area contributed by atoms with Crippen LogP contribution < -0.4 is 5.32 Å². The normalized spacial score (nSPS) is 22.9. The fourth-order valence-corrected chi connectivity index (χ4v) is 2.30. The largest absolute Gasteiger partial charge is 0.481 e. The van der Waals surface area contributed by atoms with Gasteiger partial charge in [0.15, 0.2) is 5.82 Å². The molecule has 1 fully saturated rings. The smallest absolute Gasteiger partial charge is 0.307 e. The molecule has 1 aliphatic rings. The number of aliphatic carboxylic acids is 1. The number of carbonyl (C=O) groups excluding carboxylic acids is 1. The monoisotopic (exact) mass is 253 g/mol. The lowest BCUT2D eigenvalue weighted by Crippen LogP contribution is -2.36. The maximum Gasteiger partial charge on any atom is 0.307 e. The third kappa shape index (κ3) is 2.85. The molecule has 1 heterocycles. The second-order valence-corrected chi connectivity index (χ2v) is 4.37. The number of hydrogen-bond donors (Lipinski definition) is 2. The molecular weight excluding hydrogens is 238 g/mol. The van der Waals surface area contributed by atoms with Crippen molar-refractivity contribution < 1.29 is 19.2 Å². The molecule has 18 heavy (non-hydrogen) atoms. The molecule has 0 spiro atoms. The number of nitrogens with zero attached hydrogens (tertiary/aromatic N) is 2. The first-order valence-electron chi connectivity index (χ1n) is 5.94. The summed E-state index contributed by atoms with van der Waals surface area (Å²) in [6.07, 6.45) is 3.73. The zero-order chi connectivity index (χ0) is 13.0. The Morgan fingerprint density at radius 2 is 2.22 bits per heavy atom. The minimum absolute atomic E-state index is 0.191. The molecule has 7 nitrogen and oxygen atoms in total. The fourth-order valence-electron chi connectivity index (χ4n) is 2.30. The molecule has 0 unspecified atom stereocenters. The van der Waals surface area contributed by atoms with Crippen molar-refractivity contribution in [3.8, 4) is 0 Å². The van der Waals surface area contributed by atoms with Crippen LogP contribution in [0.1, 0.15) is 25.1 Å². The average Bonchev–Trinajstić information content (AvgIpc) is 2.99. The second kappa shape index (κ2) is 5.61. The average molecular weight is 253 g/mol. The van der Waals surface area contributed by atoms with E-state index in [4.69, 9.17) is 5.11 Å². The number of rotatable bonds is 5. The van der Waals surface area contributed by atoms with Crippen LogP contribution in [-0.2, 0) is 16.0 Å². The summed E-state index contributed by atoms with van der Waals surface area (Å²) in [5.41, 5.74) is 0. The van der Waals surface area contributed by atoms with E-state index in [0.717, 1.165) is 6.42 Å². The van der Waals surface area contributed by atoms with Gasteiger partial charge in [-0.3, -0.25) is 9.59 Å². The van der Waals surface area contributed by atoms with Crippen LogP contribution in [0.5, 0.6) is 0 Å². The van der Waals surface area contributed by atoms with Crippen LogP contribution in [0.2, 0.25) is 0 Å². The Labute approximate surface area is 104 Å².